The summed E-state index contributed by atoms with van der Waals surface area (Å²) in [6.45, 7) is 1.91. The fraction of sp³-hybridized carbons (Fsp3) is 0.500. The number of halogens is 1. The Bertz CT molecular complexity index is 481. The molecule has 1 saturated heterocycles. The largest absolute Gasteiger partial charge is 0.493 e. The fourth-order valence-electron chi connectivity index (χ4n) is 2.23. The number of carbonyl (C=O) groups excluding carboxylic acids is 1. The van der Waals surface area contributed by atoms with Crippen molar-refractivity contribution >= 4 is 21.8 Å². The van der Waals surface area contributed by atoms with Gasteiger partial charge in [0.2, 0.25) is 0 Å². The molecule has 1 amide bonds. The van der Waals surface area contributed by atoms with E-state index in [0.29, 0.717) is 11.5 Å². The van der Waals surface area contributed by atoms with Gasteiger partial charge in [0.25, 0.3) is 5.91 Å². The van der Waals surface area contributed by atoms with Gasteiger partial charge in [-0.1, -0.05) is 15.9 Å². The number of likely N-dealkylation sites (N-methyl/N-ethyl adjacent to an activating group) is 1. The number of hydrogen-bond donors (Lipinski definition) is 1. The van der Waals surface area contributed by atoms with Crippen molar-refractivity contribution in [2.24, 2.45) is 0 Å². The molecule has 1 N–H and O–H groups in total. The maximum Gasteiger partial charge on any atom is 0.258 e. The molecule has 1 unspecified atom stereocenters. The first kappa shape index (κ1) is 15.1. The minimum atomic E-state index is -0.102. The van der Waals surface area contributed by atoms with Gasteiger partial charge in [0.1, 0.15) is 0 Å². The maximum absolute atomic E-state index is 11.8. The first-order valence-electron chi connectivity index (χ1n) is 6.52. The molecule has 5 nitrogen and oxygen atoms in total. The molecule has 6 heteroatoms. The Morgan fingerprint density at radius 2 is 2.30 bits per heavy atom. The molecule has 1 aromatic rings. The smallest absolute Gasteiger partial charge is 0.258 e. The molecule has 1 aliphatic heterocycles. The number of nitrogens with one attached hydrogen (secondary N) is 1. The van der Waals surface area contributed by atoms with E-state index in [1.54, 1.807) is 19.2 Å². The number of amides is 1. The van der Waals surface area contributed by atoms with Gasteiger partial charge < -0.3 is 19.7 Å². The zero-order valence-corrected chi connectivity index (χ0v) is 13.3. The second-order valence-corrected chi connectivity index (χ2v) is 5.81. The molecule has 0 aromatic heterocycles. The van der Waals surface area contributed by atoms with Gasteiger partial charge in [-0.2, -0.15) is 0 Å². The molecule has 0 radical (unpaired) electrons. The lowest BCUT2D eigenvalue weighted by Crippen LogP contribution is -2.39. The van der Waals surface area contributed by atoms with E-state index in [9.17, 15) is 4.79 Å². The zero-order chi connectivity index (χ0) is 14.5. The van der Waals surface area contributed by atoms with Crippen LogP contribution in [-0.4, -0.2) is 50.7 Å². The maximum atomic E-state index is 11.8. The Morgan fingerprint density at radius 1 is 1.50 bits per heavy atom. The van der Waals surface area contributed by atoms with Crippen LogP contribution >= 0.6 is 15.9 Å². The van der Waals surface area contributed by atoms with E-state index in [1.807, 2.05) is 6.07 Å². The average molecular weight is 343 g/mol. The summed E-state index contributed by atoms with van der Waals surface area (Å²) in [4.78, 5) is 14.0. The predicted octanol–water partition coefficient (Wildman–Crippen LogP) is 1.66. The van der Waals surface area contributed by atoms with Gasteiger partial charge in [-0.05, 0) is 38.2 Å². The molecule has 0 spiro atoms. The van der Waals surface area contributed by atoms with Crippen molar-refractivity contribution in [1.29, 1.82) is 0 Å². The van der Waals surface area contributed by atoms with Crippen LogP contribution in [0.2, 0.25) is 0 Å². The average Bonchev–Trinajstić information content (AvgIpc) is 2.82. The number of benzene rings is 1. The van der Waals surface area contributed by atoms with Gasteiger partial charge in [-0.15, -0.1) is 0 Å². The van der Waals surface area contributed by atoms with Crippen molar-refractivity contribution in [2.75, 3.05) is 33.9 Å². The molecule has 1 fully saturated rings. The van der Waals surface area contributed by atoms with Crippen LogP contribution in [0.15, 0.2) is 22.7 Å². The second-order valence-electron chi connectivity index (χ2n) is 4.90. The molecule has 1 aliphatic rings. The Hall–Kier alpha value is -1.27. The molecule has 110 valence electrons. The van der Waals surface area contributed by atoms with Gasteiger partial charge >= 0.3 is 0 Å². The van der Waals surface area contributed by atoms with Gasteiger partial charge in [0.15, 0.2) is 18.1 Å². The van der Waals surface area contributed by atoms with Crippen LogP contribution in [-0.2, 0) is 4.79 Å². The van der Waals surface area contributed by atoms with E-state index in [4.69, 9.17) is 9.47 Å². The van der Waals surface area contributed by atoms with Crippen LogP contribution in [0.4, 0.5) is 0 Å². The Kier molecular flexibility index (Phi) is 5.25. The lowest BCUT2D eigenvalue weighted by Gasteiger charge is -2.14. The summed E-state index contributed by atoms with van der Waals surface area (Å²) in [5.74, 6) is 1.07. The van der Waals surface area contributed by atoms with E-state index in [0.717, 1.165) is 24.0 Å². The number of rotatable bonds is 5. The van der Waals surface area contributed by atoms with Crippen LogP contribution in [0.1, 0.15) is 6.42 Å². The molecular formula is C14H19BrN2O3. The van der Waals surface area contributed by atoms with Crippen molar-refractivity contribution < 1.29 is 14.3 Å². The summed E-state index contributed by atoms with van der Waals surface area (Å²) in [5, 5.41) is 2.97. The summed E-state index contributed by atoms with van der Waals surface area (Å²) in [6, 6.07) is 5.66. The van der Waals surface area contributed by atoms with Crippen LogP contribution in [0.3, 0.4) is 0 Å². The van der Waals surface area contributed by atoms with Crippen molar-refractivity contribution in [2.45, 2.75) is 12.5 Å². The molecular weight excluding hydrogens is 324 g/mol. The van der Waals surface area contributed by atoms with Crippen LogP contribution in [0.25, 0.3) is 0 Å². The minimum Gasteiger partial charge on any atom is -0.493 e. The predicted molar refractivity (Wildman–Crippen MR) is 80.2 cm³/mol. The highest BCUT2D eigenvalue weighted by Crippen LogP contribution is 2.30. The monoisotopic (exact) mass is 342 g/mol. The molecule has 1 atom stereocenters. The number of carbonyl (C=O) groups is 1. The third-order valence-corrected chi connectivity index (χ3v) is 3.73. The summed E-state index contributed by atoms with van der Waals surface area (Å²) in [7, 11) is 3.62. The Morgan fingerprint density at radius 3 is 2.95 bits per heavy atom. The summed E-state index contributed by atoms with van der Waals surface area (Å²) >= 11 is 3.36. The molecule has 0 saturated carbocycles. The first-order chi connectivity index (χ1) is 9.58. The lowest BCUT2D eigenvalue weighted by atomic mass is 10.2. The topological polar surface area (TPSA) is 50.8 Å². The second kappa shape index (κ2) is 6.95. The highest BCUT2D eigenvalue weighted by Gasteiger charge is 2.21. The minimum absolute atomic E-state index is 0.00178. The fourth-order valence-corrected chi connectivity index (χ4v) is 2.57. The first-order valence-corrected chi connectivity index (χ1v) is 7.32. The summed E-state index contributed by atoms with van der Waals surface area (Å²) < 4.78 is 11.6. The number of methoxy groups -OCH3 is 1. The van der Waals surface area contributed by atoms with Crippen LogP contribution in [0, 0.1) is 0 Å². The highest BCUT2D eigenvalue weighted by atomic mass is 79.9. The molecule has 20 heavy (non-hydrogen) atoms. The lowest BCUT2D eigenvalue weighted by molar-refractivity contribution is -0.123. The number of likely N-dealkylation sites (tertiary alicyclic amines) is 1. The number of ether oxygens (including phenoxy) is 2. The molecule has 0 bridgehead atoms. The van der Waals surface area contributed by atoms with E-state index >= 15 is 0 Å². The molecule has 1 heterocycles. The standard InChI is InChI=1S/C14H19BrN2O3/c1-17-6-5-11(8-17)16-14(18)9-20-12-4-3-10(15)7-13(12)19-2/h3-4,7,11H,5-6,8-9H2,1-2H3,(H,16,18). The van der Waals surface area contributed by atoms with Gasteiger partial charge in [-0.25, -0.2) is 0 Å². The number of nitrogens with zero attached hydrogens (tertiary/aromatic N) is 1. The zero-order valence-electron chi connectivity index (χ0n) is 11.7. The van der Waals surface area contributed by atoms with Crippen molar-refractivity contribution in [1.82, 2.24) is 10.2 Å². The third kappa shape index (κ3) is 4.11. The van der Waals surface area contributed by atoms with E-state index in [-0.39, 0.29) is 18.6 Å². The van der Waals surface area contributed by atoms with Crippen molar-refractivity contribution in [3.05, 3.63) is 22.7 Å². The van der Waals surface area contributed by atoms with E-state index in [1.165, 1.54) is 0 Å². The molecule has 1 aromatic carbocycles. The van der Waals surface area contributed by atoms with Crippen molar-refractivity contribution in [3.8, 4) is 11.5 Å². The quantitative estimate of drug-likeness (QED) is 0.884. The van der Waals surface area contributed by atoms with Crippen LogP contribution in [0.5, 0.6) is 11.5 Å². The Balaban J connectivity index is 1.84. The van der Waals surface area contributed by atoms with Crippen molar-refractivity contribution in [3.63, 3.8) is 0 Å². The SMILES string of the molecule is COc1cc(Br)ccc1OCC(=O)NC1CCN(C)C1. The third-order valence-electron chi connectivity index (χ3n) is 3.24. The summed E-state index contributed by atoms with van der Waals surface area (Å²) in [5.41, 5.74) is 0. The molecule has 0 aliphatic carbocycles. The normalized spacial score (nSPS) is 18.9. The summed E-state index contributed by atoms with van der Waals surface area (Å²) in [6.07, 6.45) is 0.990. The van der Waals surface area contributed by atoms with Crippen LogP contribution < -0.4 is 14.8 Å². The highest BCUT2D eigenvalue weighted by molar-refractivity contribution is 9.10. The van der Waals surface area contributed by atoms with Gasteiger partial charge in [0, 0.05) is 17.1 Å². The number of hydrogen-bond acceptors (Lipinski definition) is 4. The molecule has 2 rings (SSSR count). The van der Waals surface area contributed by atoms with Gasteiger partial charge in [0.05, 0.1) is 7.11 Å². The van der Waals surface area contributed by atoms with Gasteiger partial charge in [-0.3, -0.25) is 4.79 Å². The Labute approximate surface area is 127 Å². The van der Waals surface area contributed by atoms with E-state index < -0.39 is 0 Å². The van der Waals surface area contributed by atoms with E-state index in [2.05, 4.69) is 33.2 Å².